The lowest BCUT2D eigenvalue weighted by atomic mass is 10.1. The van der Waals surface area contributed by atoms with E-state index in [0.717, 1.165) is 0 Å². The Morgan fingerprint density at radius 3 is 2.58 bits per heavy atom. The molecule has 0 radical (unpaired) electrons. The lowest BCUT2D eigenvalue weighted by Gasteiger charge is -2.10. The third-order valence-electron chi connectivity index (χ3n) is 1.67. The number of hydrogen-bond acceptors (Lipinski definition) is 2. The van der Waals surface area contributed by atoms with E-state index in [4.69, 9.17) is 16.7 Å². The summed E-state index contributed by atoms with van der Waals surface area (Å²) in [6.07, 6.45) is -0.340. The first kappa shape index (κ1) is 9.52. The van der Waals surface area contributed by atoms with Crippen molar-refractivity contribution in [3.05, 3.63) is 34.9 Å². The Bertz CT molecular complexity index is 250. The van der Waals surface area contributed by atoms with Crippen LogP contribution in [-0.2, 0) is 0 Å². The summed E-state index contributed by atoms with van der Waals surface area (Å²) in [5, 5.41) is 18.6. The van der Waals surface area contributed by atoms with Crippen LogP contribution in [0, 0.1) is 0 Å². The molecule has 0 aliphatic carbocycles. The van der Waals surface area contributed by atoms with E-state index in [-0.39, 0.29) is 6.61 Å². The van der Waals surface area contributed by atoms with Gasteiger partial charge in [-0.2, -0.15) is 0 Å². The van der Waals surface area contributed by atoms with E-state index in [9.17, 15) is 5.11 Å². The van der Waals surface area contributed by atoms with Gasteiger partial charge in [-0.1, -0.05) is 29.8 Å². The minimum atomic E-state index is -0.663. The zero-order valence-corrected chi connectivity index (χ0v) is 7.33. The van der Waals surface area contributed by atoms with E-state index in [1.807, 2.05) is 6.07 Å². The highest BCUT2D eigenvalue weighted by atomic mass is 35.5. The van der Waals surface area contributed by atoms with Crippen molar-refractivity contribution in [2.45, 2.75) is 12.5 Å². The summed E-state index contributed by atoms with van der Waals surface area (Å²) in [5.41, 5.74) is 0.674. The molecule has 1 unspecified atom stereocenters. The Hall–Kier alpha value is -0.570. The minimum absolute atomic E-state index is 0.0353. The Morgan fingerprint density at radius 2 is 2.00 bits per heavy atom. The molecule has 0 aliphatic heterocycles. The predicted molar refractivity (Wildman–Crippen MR) is 48.1 cm³/mol. The topological polar surface area (TPSA) is 40.5 Å². The molecule has 66 valence electrons. The van der Waals surface area contributed by atoms with E-state index in [2.05, 4.69) is 0 Å². The standard InChI is InChI=1S/C9H11ClO2/c10-8-4-2-1-3-7(8)9(12)5-6-11/h1-4,9,11-12H,5-6H2. The molecule has 1 atom stereocenters. The first-order valence-corrected chi connectivity index (χ1v) is 4.17. The summed E-state index contributed by atoms with van der Waals surface area (Å²) in [5.74, 6) is 0. The van der Waals surface area contributed by atoms with Gasteiger partial charge in [0.2, 0.25) is 0 Å². The second-order valence-corrected chi connectivity index (χ2v) is 2.96. The second kappa shape index (κ2) is 4.45. The molecule has 0 saturated heterocycles. The van der Waals surface area contributed by atoms with Gasteiger partial charge in [-0.15, -0.1) is 0 Å². The molecule has 0 aromatic heterocycles. The van der Waals surface area contributed by atoms with Crippen molar-refractivity contribution in [3.63, 3.8) is 0 Å². The van der Waals surface area contributed by atoms with Crippen molar-refractivity contribution in [1.29, 1.82) is 0 Å². The maximum absolute atomic E-state index is 9.46. The highest BCUT2D eigenvalue weighted by Crippen LogP contribution is 2.24. The van der Waals surface area contributed by atoms with Crippen LogP contribution >= 0.6 is 11.6 Å². The van der Waals surface area contributed by atoms with Gasteiger partial charge in [0, 0.05) is 18.1 Å². The number of rotatable bonds is 3. The quantitative estimate of drug-likeness (QED) is 0.755. The van der Waals surface area contributed by atoms with Gasteiger partial charge >= 0.3 is 0 Å². The average Bonchev–Trinajstić information content (AvgIpc) is 2.05. The Morgan fingerprint density at radius 1 is 1.33 bits per heavy atom. The van der Waals surface area contributed by atoms with E-state index in [1.165, 1.54) is 0 Å². The molecule has 2 N–H and O–H groups in total. The Balaban J connectivity index is 2.79. The third-order valence-corrected chi connectivity index (χ3v) is 2.01. The monoisotopic (exact) mass is 186 g/mol. The fraction of sp³-hybridized carbons (Fsp3) is 0.333. The van der Waals surface area contributed by atoms with Crippen LogP contribution in [0.2, 0.25) is 5.02 Å². The molecular formula is C9H11ClO2. The first-order chi connectivity index (χ1) is 5.75. The van der Waals surface area contributed by atoms with Crippen LogP contribution in [0.1, 0.15) is 18.1 Å². The Labute approximate surface area is 76.4 Å². The highest BCUT2D eigenvalue weighted by Gasteiger charge is 2.09. The molecular weight excluding hydrogens is 176 g/mol. The summed E-state index contributed by atoms with van der Waals surface area (Å²) < 4.78 is 0. The zero-order chi connectivity index (χ0) is 8.97. The van der Waals surface area contributed by atoms with Gasteiger partial charge in [-0.25, -0.2) is 0 Å². The maximum Gasteiger partial charge on any atom is 0.0826 e. The van der Waals surface area contributed by atoms with Gasteiger partial charge in [-0.3, -0.25) is 0 Å². The summed E-state index contributed by atoms with van der Waals surface area (Å²) in [6.45, 7) is -0.0353. The molecule has 0 amide bonds. The van der Waals surface area contributed by atoms with Crippen LogP contribution < -0.4 is 0 Å². The second-order valence-electron chi connectivity index (χ2n) is 2.55. The first-order valence-electron chi connectivity index (χ1n) is 3.79. The number of halogens is 1. The highest BCUT2D eigenvalue weighted by molar-refractivity contribution is 6.31. The molecule has 12 heavy (non-hydrogen) atoms. The normalized spacial score (nSPS) is 12.9. The minimum Gasteiger partial charge on any atom is -0.396 e. The van der Waals surface area contributed by atoms with Crippen molar-refractivity contribution >= 4 is 11.6 Å². The van der Waals surface area contributed by atoms with Crippen LogP contribution in [0.15, 0.2) is 24.3 Å². The van der Waals surface area contributed by atoms with Crippen molar-refractivity contribution < 1.29 is 10.2 Å². The van der Waals surface area contributed by atoms with Crippen LogP contribution in [0.3, 0.4) is 0 Å². The SMILES string of the molecule is OCCC(O)c1ccccc1Cl. The van der Waals surface area contributed by atoms with Gasteiger partial charge < -0.3 is 10.2 Å². The molecule has 0 aliphatic rings. The number of aliphatic hydroxyl groups is 2. The molecule has 0 saturated carbocycles. The van der Waals surface area contributed by atoms with Crippen LogP contribution in [0.4, 0.5) is 0 Å². The fourth-order valence-corrected chi connectivity index (χ4v) is 1.28. The van der Waals surface area contributed by atoms with E-state index >= 15 is 0 Å². The van der Waals surface area contributed by atoms with Gasteiger partial charge in [0.25, 0.3) is 0 Å². The molecule has 0 fully saturated rings. The van der Waals surface area contributed by atoms with Gasteiger partial charge in [0.05, 0.1) is 6.10 Å². The average molecular weight is 187 g/mol. The summed E-state index contributed by atoms with van der Waals surface area (Å²) in [7, 11) is 0. The fourth-order valence-electron chi connectivity index (χ4n) is 1.02. The summed E-state index contributed by atoms with van der Waals surface area (Å²) in [6, 6.07) is 7.08. The molecule has 0 spiro atoms. The molecule has 1 rings (SSSR count). The molecule has 0 heterocycles. The van der Waals surface area contributed by atoms with Gasteiger partial charge in [0.15, 0.2) is 0 Å². The van der Waals surface area contributed by atoms with E-state index in [1.54, 1.807) is 18.2 Å². The van der Waals surface area contributed by atoms with E-state index in [0.29, 0.717) is 17.0 Å². The number of aliphatic hydroxyl groups excluding tert-OH is 2. The van der Waals surface area contributed by atoms with Crippen molar-refractivity contribution in [2.24, 2.45) is 0 Å². The lowest BCUT2D eigenvalue weighted by Crippen LogP contribution is -2.00. The molecule has 1 aromatic rings. The van der Waals surface area contributed by atoms with E-state index < -0.39 is 6.10 Å². The zero-order valence-electron chi connectivity index (χ0n) is 6.57. The number of benzene rings is 1. The smallest absolute Gasteiger partial charge is 0.0826 e. The molecule has 2 nitrogen and oxygen atoms in total. The number of hydrogen-bond donors (Lipinski definition) is 2. The third kappa shape index (κ3) is 2.21. The predicted octanol–water partition coefficient (Wildman–Crippen LogP) is 1.76. The van der Waals surface area contributed by atoms with Crippen LogP contribution in [0.5, 0.6) is 0 Å². The van der Waals surface area contributed by atoms with Crippen LogP contribution in [0.25, 0.3) is 0 Å². The van der Waals surface area contributed by atoms with Gasteiger partial charge in [-0.05, 0) is 11.6 Å². The molecule has 3 heteroatoms. The lowest BCUT2D eigenvalue weighted by molar-refractivity contribution is 0.134. The van der Waals surface area contributed by atoms with Gasteiger partial charge in [0.1, 0.15) is 0 Å². The molecule has 1 aromatic carbocycles. The summed E-state index contributed by atoms with van der Waals surface area (Å²) in [4.78, 5) is 0. The van der Waals surface area contributed by atoms with Crippen molar-refractivity contribution in [1.82, 2.24) is 0 Å². The van der Waals surface area contributed by atoms with Crippen molar-refractivity contribution in [3.8, 4) is 0 Å². The largest absolute Gasteiger partial charge is 0.396 e. The maximum atomic E-state index is 9.46. The van der Waals surface area contributed by atoms with Crippen LogP contribution in [-0.4, -0.2) is 16.8 Å². The van der Waals surface area contributed by atoms with Crippen molar-refractivity contribution in [2.75, 3.05) is 6.61 Å². The molecule has 0 bridgehead atoms. The Kier molecular flexibility index (Phi) is 3.53. The summed E-state index contributed by atoms with van der Waals surface area (Å²) >= 11 is 5.81.